The number of piperazine rings is 1. The molecule has 186 valence electrons. The molecule has 0 saturated carbocycles. The van der Waals surface area contributed by atoms with Crippen LogP contribution in [0.5, 0.6) is 11.8 Å². The summed E-state index contributed by atoms with van der Waals surface area (Å²) in [6, 6.07) is 23.5. The van der Waals surface area contributed by atoms with Crippen LogP contribution in [0.3, 0.4) is 0 Å². The molecule has 1 aliphatic heterocycles. The first-order valence-corrected chi connectivity index (χ1v) is 12.9. The summed E-state index contributed by atoms with van der Waals surface area (Å²) >= 11 is 12.6. The van der Waals surface area contributed by atoms with E-state index in [1.807, 2.05) is 72.8 Å². The number of pyridine rings is 2. The van der Waals surface area contributed by atoms with E-state index >= 15 is 0 Å². The molecule has 0 radical (unpaired) electrons. The minimum Gasteiger partial charge on any atom is -0.478 e. The maximum Gasteiger partial charge on any atom is 0.215 e. The summed E-state index contributed by atoms with van der Waals surface area (Å²) < 4.78 is 11.8. The van der Waals surface area contributed by atoms with Crippen LogP contribution in [0, 0.1) is 0 Å². The molecule has 2 aromatic heterocycles. The highest BCUT2D eigenvalue weighted by atomic mass is 35.5. The van der Waals surface area contributed by atoms with Crippen LogP contribution in [0.2, 0.25) is 10.0 Å². The van der Waals surface area contributed by atoms with Gasteiger partial charge in [-0.3, -0.25) is 4.90 Å². The zero-order valence-electron chi connectivity index (χ0n) is 19.9. The second-order valence-electron chi connectivity index (χ2n) is 8.72. The first kappa shape index (κ1) is 24.6. The highest BCUT2D eigenvalue weighted by Crippen LogP contribution is 2.32. The standard InChI is InChI=1S/C28H28Cl2N4O2/c29-23-8-4-9-24(27(23)30)34-17-15-33(16-18-34)14-5-19-35-25-12-10-22-11-13-26(32-28(22)31-25)36-20-21-6-2-1-3-7-21/h1-4,6-13H,5,14-20H2. The van der Waals surface area contributed by atoms with Gasteiger partial charge in [0.15, 0.2) is 5.65 Å². The highest BCUT2D eigenvalue weighted by Gasteiger charge is 2.19. The van der Waals surface area contributed by atoms with Gasteiger partial charge in [-0.2, -0.15) is 9.97 Å². The van der Waals surface area contributed by atoms with Gasteiger partial charge in [0.25, 0.3) is 0 Å². The largest absolute Gasteiger partial charge is 0.478 e. The number of halogens is 2. The van der Waals surface area contributed by atoms with Crippen LogP contribution >= 0.6 is 23.2 Å². The number of hydrogen-bond donors (Lipinski definition) is 0. The van der Waals surface area contributed by atoms with Crippen LogP contribution in [0.25, 0.3) is 11.0 Å². The van der Waals surface area contributed by atoms with Crippen molar-refractivity contribution in [3.8, 4) is 11.8 Å². The number of anilines is 1. The van der Waals surface area contributed by atoms with Crippen molar-refractivity contribution >= 4 is 39.9 Å². The van der Waals surface area contributed by atoms with Gasteiger partial charge in [0, 0.05) is 50.2 Å². The van der Waals surface area contributed by atoms with Crippen molar-refractivity contribution in [1.29, 1.82) is 0 Å². The van der Waals surface area contributed by atoms with Crippen LogP contribution in [0.15, 0.2) is 72.8 Å². The molecule has 5 rings (SSSR count). The Bertz CT molecular complexity index is 1300. The highest BCUT2D eigenvalue weighted by molar-refractivity contribution is 6.43. The number of rotatable bonds is 9. The Morgan fingerprint density at radius 2 is 1.47 bits per heavy atom. The molecule has 2 aromatic carbocycles. The van der Waals surface area contributed by atoms with Crippen molar-refractivity contribution in [2.24, 2.45) is 0 Å². The Kier molecular flexibility index (Phi) is 8.06. The average molecular weight is 523 g/mol. The Morgan fingerprint density at radius 3 is 2.22 bits per heavy atom. The summed E-state index contributed by atoms with van der Waals surface area (Å²) in [6.07, 6.45) is 0.922. The molecule has 1 aliphatic rings. The van der Waals surface area contributed by atoms with Gasteiger partial charge < -0.3 is 14.4 Å². The molecular weight excluding hydrogens is 495 g/mol. The predicted molar refractivity (Wildman–Crippen MR) is 146 cm³/mol. The topological polar surface area (TPSA) is 50.7 Å². The van der Waals surface area contributed by atoms with E-state index in [2.05, 4.69) is 19.8 Å². The van der Waals surface area contributed by atoms with Crippen LogP contribution < -0.4 is 14.4 Å². The molecular formula is C28H28Cl2N4O2. The Labute approximate surface area is 221 Å². The van der Waals surface area contributed by atoms with Gasteiger partial charge in [-0.15, -0.1) is 0 Å². The number of hydrogen-bond acceptors (Lipinski definition) is 6. The van der Waals surface area contributed by atoms with E-state index in [0.717, 1.165) is 55.8 Å². The Hall–Kier alpha value is -3.06. The number of benzene rings is 2. The molecule has 4 aromatic rings. The first-order chi connectivity index (χ1) is 17.7. The van der Waals surface area contributed by atoms with Crippen molar-refractivity contribution in [3.63, 3.8) is 0 Å². The van der Waals surface area contributed by atoms with Crippen molar-refractivity contribution in [1.82, 2.24) is 14.9 Å². The molecule has 0 aliphatic carbocycles. The second kappa shape index (κ2) is 11.8. The fraction of sp³-hybridized carbons (Fsp3) is 0.286. The summed E-state index contributed by atoms with van der Waals surface area (Å²) in [5, 5.41) is 2.18. The molecule has 0 spiro atoms. The Morgan fingerprint density at radius 1 is 0.750 bits per heavy atom. The van der Waals surface area contributed by atoms with Crippen LogP contribution in [-0.4, -0.2) is 54.2 Å². The lowest BCUT2D eigenvalue weighted by molar-refractivity contribution is 0.222. The maximum absolute atomic E-state index is 6.39. The minimum atomic E-state index is 0.468. The van der Waals surface area contributed by atoms with Crippen molar-refractivity contribution in [3.05, 3.63) is 88.4 Å². The molecule has 0 bridgehead atoms. The van der Waals surface area contributed by atoms with E-state index in [4.69, 9.17) is 32.7 Å². The third kappa shape index (κ3) is 6.19. The van der Waals surface area contributed by atoms with Gasteiger partial charge in [-0.1, -0.05) is 59.6 Å². The zero-order chi connectivity index (χ0) is 24.7. The molecule has 36 heavy (non-hydrogen) atoms. The monoisotopic (exact) mass is 522 g/mol. The lowest BCUT2D eigenvalue weighted by Crippen LogP contribution is -2.46. The third-order valence-corrected chi connectivity index (χ3v) is 7.05. The molecule has 0 atom stereocenters. The Balaban J connectivity index is 1.08. The lowest BCUT2D eigenvalue weighted by Gasteiger charge is -2.36. The fourth-order valence-electron chi connectivity index (χ4n) is 4.27. The van der Waals surface area contributed by atoms with Gasteiger partial charge in [0.1, 0.15) is 6.61 Å². The number of fused-ring (bicyclic) bond motifs is 1. The zero-order valence-corrected chi connectivity index (χ0v) is 21.5. The number of nitrogens with zero attached hydrogens (tertiary/aromatic N) is 4. The van der Waals surface area contributed by atoms with E-state index in [1.54, 1.807) is 0 Å². The summed E-state index contributed by atoms with van der Waals surface area (Å²) in [5.74, 6) is 1.13. The maximum atomic E-state index is 6.39. The van der Waals surface area contributed by atoms with Crippen LogP contribution in [0.1, 0.15) is 12.0 Å². The van der Waals surface area contributed by atoms with E-state index < -0.39 is 0 Å². The minimum absolute atomic E-state index is 0.468. The SMILES string of the molecule is Clc1cccc(N2CCN(CCCOc3ccc4ccc(OCc5ccccc5)nc4n3)CC2)c1Cl. The summed E-state index contributed by atoms with van der Waals surface area (Å²) in [7, 11) is 0. The number of aromatic nitrogens is 2. The molecule has 0 N–H and O–H groups in total. The molecule has 0 amide bonds. The lowest BCUT2D eigenvalue weighted by atomic mass is 10.2. The van der Waals surface area contributed by atoms with E-state index in [1.165, 1.54) is 0 Å². The fourth-order valence-corrected chi connectivity index (χ4v) is 4.69. The van der Waals surface area contributed by atoms with E-state index in [9.17, 15) is 0 Å². The second-order valence-corrected chi connectivity index (χ2v) is 9.51. The molecule has 1 fully saturated rings. The predicted octanol–water partition coefficient (Wildman–Crippen LogP) is 6.11. The van der Waals surface area contributed by atoms with Gasteiger partial charge >= 0.3 is 0 Å². The van der Waals surface area contributed by atoms with Crippen molar-refractivity contribution < 1.29 is 9.47 Å². The molecule has 3 heterocycles. The summed E-state index contributed by atoms with van der Waals surface area (Å²) in [6.45, 7) is 5.85. The number of ether oxygens (including phenoxy) is 2. The molecule has 1 saturated heterocycles. The van der Waals surface area contributed by atoms with E-state index in [0.29, 0.717) is 40.7 Å². The molecule has 6 nitrogen and oxygen atoms in total. The smallest absolute Gasteiger partial charge is 0.215 e. The van der Waals surface area contributed by atoms with Crippen LogP contribution in [-0.2, 0) is 6.61 Å². The first-order valence-electron chi connectivity index (χ1n) is 12.1. The average Bonchev–Trinajstić information content (AvgIpc) is 2.92. The normalized spacial score (nSPS) is 14.2. The molecule has 8 heteroatoms. The van der Waals surface area contributed by atoms with Crippen LogP contribution in [0.4, 0.5) is 5.69 Å². The van der Waals surface area contributed by atoms with Gasteiger partial charge in [-0.25, -0.2) is 0 Å². The van der Waals surface area contributed by atoms with Gasteiger partial charge in [-0.05, 0) is 36.2 Å². The molecule has 0 unspecified atom stereocenters. The van der Waals surface area contributed by atoms with Crippen molar-refractivity contribution in [2.75, 3.05) is 44.2 Å². The third-order valence-electron chi connectivity index (χ3n) is 6.24. The summed E-state index contributed by atoms with van der Waals surface area (Å²) in [5.41, 5.74) is 2.73. The van der Waals surface area contributed by atoms with E-state index in [-0.39, 0.29) is 0 Å². The van der Waals surface area contributed by atoms with Gasteiger partial charge in [0.2, 0.25) is 11.8 Å². The summed E-state index contributed by atoms with van der Waals surface area (Å²) in [4.78, 5) is 13.9. The van der Waals surface area contributed by atoms with Crippen molar-refractivity contribution in [2.45, 2.75) is 13.0 Å². The quantitative estimate of drug-likeness (QED) is 0.247. The van der Waals surface area contributed by atoms with Gasteiger partial charge in [0.05, 0.1) is 22.3 Å².